The minimum absolute atomic E-state index is 0.0415. The van der Waals surface area contributed by atoms with Crippen LogP contribution in [0.25, 0.3) is 0 Å². The summed E-state index contributed by atoms with van der Waals surface area (Å²) in [6.45, 7) is 8.85. The van der Waals surface area contributed by atoms with Gasteiger partial charge >= 0.3 is 0 Å². The largest absolute Gasteiger partial charge is 0.383 e. The monoisotopic (exact) mass is 404 g/mol. The molecule has 0 amide bonds. The highest BCUT2D eigenvalue weighted by Gasteiger charge is 2.58. The van der Waals surface area contributed by atoms with Gasteiger partial charge in [0.2, 0.25) is 0 Å². The molecule has 5 heteroatoms. The zero-order valence-electron chi connectivity index (χ0n) is 18.2. The first-order valence-electron chi connectivity index (χ1n) is 11.1. The Morgan fingerprint density at radius 3 is 2.66 bits per heavy atom. The third-order valence-electron chi connectivity index (χ3n) is 7.01. The molecule has 0 radical (unpaired) electrons. The van der Waals surface area contributed by atoms with Crippen LogP contribution in [0.1, 0.15) is 59.8 Å². The first kappa shape index (κ1) is 21.3. The van der Waals surface area contributed by atoms with Gasteiger partial charge in [-0.05, 0) is 47.0 Å². The van der Waals surface area contributed by atoms with Crippen LogP contribution in [-0.2, 0) is 18.9 Å². The summed E-state index contributed by atoms with van der Waals surface area (Å²) < 4.78 is 25.9. The van der Waals surface area contributed by atoms with Crippen LogP contribution in [0.4, 0.5) is 0 Å². The third-order valence-corrected chi connectivity index (χ3v) is 7.01. The van der Waals surface area contributed by atoms with Gasteiger partial charge in [0.15, 0.2) is 0 Å². The summed E-state index contributed by atoms with van der Waals surface area (Å²) >= 11 is 0. The van der Waals surface area contributed by atoms with Gasteiger partial charge in [0, 0.05) is 19.4 Å². The fourth-order valence-corrected chi connectivity index (χ4v) is 5.34. The van der Waals surface area contributed by atoms with Gasteiger partial charge < -0.3 is 24.1 Å². The van der Waals surface area contributed by atoms with Crippen LogP contribution in [0.3, 0.4) is 0 Å². The minimum Gasteiger partial charge on any atom is -0.383 e. The van der Waals surface area contributed by atoms with E-state index in [9.17, 15) is 5.11 Å². The molecule has 29 heavy (non-hydrogen) atoms. The van der Waals surface area contributed by atoms with Crippen molar-refractivity contribution < 1.29 is 24.1 Å². The maximum absolute atomic E-state index is 10.9. The number of hydrogen-bond donors (Lipinski definition) is 1. The van der Waals surface area contributed by atoms with Crippen LogP contribution in [0.2, 0.25) is 0 Å². The predicted octanol–water partition coefficient (Wildman–Crippen LogP) is 3.86. The summed E-state index contributed by atoms with van der Waals surface area (Å²) in [5, 5.41) is 10.9. The molecule has 0 spiro atoms. The topological polar surface area (TPSA) is 57.2 Å². The molecule has 162 valence electrons. The molecule has 5 nitrogen and oxygen atoms in total. The van der Waals surface area contributed by atoms with Gasteiger partial charge in [0.1, 0.15) is 17.8 Å². The molecule has 0 aromatic rings. The average Bonchev–Trinajstić information content (AvgIpc) is 2.90. The zero-order valence-corrected chi connectivity index (χ0v) is 18.2. The van der Waals surface area contributed by atoms with Crippen LogP contribution < -0.4 is 0 Å². The van der Waals surface area contributed by atoms with Crippen LogP contribution in [-0.4, -0.2) is 59.0 Å². The fourth-order valence-electron chi connectivity index (χ4n) is 5.34. The first-order chi connectivity index (χ1) is 13.8. The van der Waals surface area contributed by atoms with Gasteiger partial charge in [-0.25, -0.2) is 0 Å². The van der Waals surface area contributed by atoms with Gasteiger partial charge in [0.25, 0.3) is 0 Å². The van der Waals surface area contributed by atoms with Crippen molar-refractivity contribution in [1.29, 1.82) is 0 Å². The van der Waals surface area contributed by atoms with Gasteiger partial charge in [-0.1, -0.05) is 36.5 Å². The summed E-state index contributed by atoms with van der Waals surface area (Å²) in [6.07, 6.45) is 15.6. The molecule has 3 fully saturated rings. The van der Waals surface area contributed by atoms with E-state index < -0.39 is 17.3 Å². The lowest BCUT2D eigenvalue weighted by atomic mass is 9.74. The highest BCUT2D eigenvalue weighted by molar-refractivity contribution is 5.19. The van der Waals surface area contributed by atoms with Crippen molar-refractivity contribution in [3.8, 4) is 0 Å². The van der Waals surface area contributed by atoms with Crippen LogP contribution in [0, 0.1) is 0 Å². The van der Waals surface area contributed by atoms with Crippen molar-refractivity contribution in [3.05, 3.63) is 36.5 Å². The maximum atomic E-state index is 10.9. The van der Waals surface area contributed by atoms with Crippen molar-refractivity contribution in [2.24, 2.45) is 0 Å². The van der Waals surface area contributed by atoms with Gasteiger partial charge in [-0.3, -0.25) is 0 Å². The molecule has 4 aliphatic rings. The second kappa shape index (κ2) is 7.93. The minimum atomic E-state index is -1.09. The quantitative estimate of drug-likeness (QED) is 0.559. The second-order valence-electron chi connectivity index (χ2n) is 9.67. The summed E-state index contributed by atoms with van der Waals surface area (Å²) in [7, 11) is 0. The first-order valence-corrected chi connectivity index (χ1v) is 11.1. The Kier molecular flexibility index (Phi) is 5.82. The average molecular weight is 405 g/mol. The molecule has 8 atom stereocenters. The maximum Gasteiger partial charge on any atom is 0.110 e. The molecule has 0 aromatic heterocycles. The van der Waals surface area contributed by atoms with Crippen LogP contribution >= 0.6 is 0 Å². The number of allylic oxidation sites excluding steroid dienone is 3. The van der Waals surface area contributed by atoms with Gasteiger partial charge in [-0.2, -0.15) is 0 Å². The predicted molar refractivity (Wildman–Crippen MR) is 112 cm³/mol. The Bertz CT molecular complexity index is 683. The van der Waals surface area contributed by atoms with E-state index in [2.05, 4.69) is 13.8 Å². The Balaban J connectivity index is 1.57. The Hall–Kier alpha value is -0.980. The standard InChI is InChI=1S/C24H36O5/c1-5-6-7-10-19-22(2,25)13-12-17-18(27-19)15-21-24(4,29-17)16-23(3)20(28-21)11-8-9-14-26-23/h5-7,10,12-13,17-21,25H,8-9,11,14-16H2,1-4H3. The SMILES string of the molecule is CC=CC=CC1OC2CC3OC4CCCCOC4(C)CC3(C)OC2C=CC1(C)O. The van der Waals surface area contributed by atoms with Crippen LogP contribution in [0.5, 0.6) is 0 Å². The fraction of sp³-hybridized carbons (Fsp3) is 0.750. The van der Waals surface area contributed by atoms with E-state index in [-0.39, 0.29) is 30.0 Å². The van der Waals surface area contributed by atoms with Crippen molar-refractivity contribution in [2.45, 2.75) is 107 Å². The van der Waals surface area contributed by atoms with E-state index in [1.807, 2.05) is 43.4 Å². The van der Waals surface area contributed by atoms with Crippen molar-refractivity contribution in [2.75, 3.05) is 6.61 Å². The van der Waals surface area contributed by atoms with E-state index in [1.54, 1.807) is 6.92 Å². The molecule has 0 saturated carbocycles. The molecule has 0 aliphatic carbocycles. The molecule has 1 N–H and O–H groups in total. The van der Waals surface area contributed by atoms with Gasteiger partial charge in [-0.15, -0.1) is 0 Å². The lowest BCUT2D eigenvalue weighted by Gasteiger charge is -2.56. The molecule has 3 saturated heterocycles. The number of hydrogen-bond acceptors (Lipinski definition) is 5. The Morgan fingerprint density at radius 2 is 1.86 bits per heavy atom. The molecule has 8 unspecified atom stereocenters. The number of ether oxygens (including phenoxy) is 4. The van der Waals surface area contributed by atoms with Gasteiger partial charge in [0.05, 0.1) is 29.5 Å². The number of rotatable bonds is 2. The van der Waals surface area contributed by atoms with E-state index in [0.29, 0.717) is 0 Å². The molecular weight excluding hydrogens is 368 g/mol. The Labute approximate surface area is 174 Å². The molecule has 4 aliphatic heterocycles. The highest BCUT2D eigenvalue weighted by Crippen LogP contribution is 2.48. The van der Waals surface area contributed by atoms with E-state index >= 15 is 0 Å². The van der Waals surface area contributed by atoms with Crippen molar-refractivity contribution in [1.82, 2.24) is 0 Å². The number of aliphatic hydroxyl groups is 1. The second-order valence-corrected chi connectivity index (χ2v) is 9.67. The summed E-state index contributed by atoms with van der Waals surface area (Å²) in [6, 6.07) is 0. The Morgan fingerprint density at radius 1 is 1.03 bits per heavy atom. The highest BCUT2D eigenvalue weighted by atomic mass is 16.6. The van der Waals surface area contributed by atoms with E-state index in [1.165, 1.54) is 0 Å². The van der Waals surface area contributed by atoms with E-state index in [4.69, 9.17) is 18.9 Å². The molecule has 0 aromatic carbocycles. The molecule has 0 bridgehead atoms. The van der Waals surface area contributed by atoms with Crippen LogP contribution in [0.15, 0.2) is 36.5 Å². The van der Waals surface area contributed by atoms with E-state index in [0.717, 1.165) is 38.7 Å². The number of fused-ring (bicyclic) bond motifs is 3. The summed E-state index contributed by atoms with van der Waals surface area (Å²) in [4.78, 5) is 0. The third kappa shape index (κ3) is 4.13. The lowest BCUT2D eigenvalue weighted by molar-refractivity contribution is -0.310. The zero-order chi connectivity index (χ0) is 20.7. The van der Waals surface area contributed by atoms with Crippen molar-refractivity contribution in [3.63, 3.8) is 0 Å². The van der Waals surface area contributed by atoms with Crippen molar-refractivity contribution >= 4 is 0 Å². The summed E-state index contributed by atoms with van der Waals surface area (Å²) in [5.41, 5.74) is -1.84. The lowest BCUT2D eigenvalue weighted by Crippen LogP contribution is -2.66. The normalized spacial score (nSPS) is 50.6. The summed E-state index contributed by atoms with van der Waals surface area (Å²) in [5.74, 6) is 0. The smallest absolute Gasteiger partial charge is 0.110 e. The molecule has 4 heterocycles. The molecular formula is C24H36O5. The molecule has 4 rings (SSSR count).